The minimum atomic E-state index is -1.16. The van der Waals surface area contributed by atoms with E-state index in [1.807, 2.05) is 18.2 Å². The fourth-order valence-corrected chi connectivity index (χ4v) is 2.71. The average molecular weight is 398 g/mol. The van der Waals surface area contributed by atoms with Gasteiger partial charge in [0, 0.05) is 20.6 Å². The molecule has 28 heavy (non-hydrogen) atoms. The molecule has 0 saturated carbocycles. The molecule has 0 aromatic rings. The van der Waals surface area contributed by atoms with Crippen LogP contribution >= 0.6 is 0 Å². The summed E-state index contributed by atoms with van der Waals surface area (Å²) in [5.74, 6) is -4.57. The predicted octanol–water partition coefficient (Wildman–Crippen LogP) is 2.32. The van der Waals surface area contributed by atoms with Gasteiger partial charge in [0.25, 0.3) is 5.78 Å². The first-order chi connectivity index (χ1) is 13.4. The highest BCUT2D eigenvalue weighted by molar-refractivity contribution is 6.37. The zero-order valence-corrected chi connectivity index (χ0v) is 17.0. The van der Waals surface area contributed by atoms with Gasteiger partial charge in [-0.2, -0.15) is 0 Å². The van der Waals surface area contributed by atoms with E-state index in [0.29, 0.717) is 19.3 Å². The molecular weight excluding hydrogens is 368 g/mol. The highest BCUT2D eigenvalue weighted by Gasteiger charge is 2.35. The summed E-state index contributed by atoms with van der Waals surface area (Å²) >= 11 is 0. The van der Waals surface area contributed by atoms with E-state index in [-0.39, 0.29) is 19.6 Å². The standard InChI is InChI=1S/C20H30O8/c1-5-26-18(22)15(17(21)19(23)27-6-2)11-9-7-8-10-13-20(25-4)14-12-16(24-3)28-20/h7-8,12,14-16H,5-6,9-11,13H2,1-4H3/b8-7-. The Kier molecular flexibility index (Phi) is 10.7. The molecule has 0 amide bonds. The van der Waals surface area contributed by atoms with E-state index in [0.717, 1.165) is 0 Å². The number of allylic oxidation sites excluding steroid dienone is 2. The zero-order valence-electron chi connectivity index (χ0n) is 17.0. The van der Waals surface area contributed by atoms with Crippen LogP contribution in [0.1, 0.15) is 39.5 Å². The molecule has 3 unspecified atom stereocenters. The summed E-state index contributed by atoms with van der Waals surface area (Å²) in [5.41, 5.74) is 0. The highest BCUT2D eigenvalue weighted by atomic mass is 16.8. The molecule has 3 atom stereocenters. The Labute approximate surface area is 165 Å². The maximum atomic E-state index is 12.1. The average Bonchev–Trinajstić information content (AvgIpc) is 3.11. The Bertz CT molecular complexity index is 583. The number of esters is 2. The Morgan fingerprint density at radius 3 is 2.36 bits per heavy atom. The molecular formula is C20H30O8. The van der Waals surface area contributed by atoms with Crippen LogP contribution in [0.5, 0.6) is 0 Å². The van der Waals surface area contributed by atoms with Crippen molar-refractivity contribution in [2.45, 2.75) is 51.6 Å². The van der Waals surface area contributed by atoms with Gasteiger partial charge in [0.1, 0.15) is 5.92 Å². The van der Waals surface area contributed by atoms with Crippen LogP contribution in [0.3, 0.4) is 0 Å². The molecule has 0 fully saturated rings. The number of hydrogen-bond acceptors (Lipinski definition) is 8. The van der Waals surface area contributed by atoms with Crippen LogP contribution in [-0.2, 0) is 38.1 Å². The fraction of sp³-hybridized carbons (Fsp3) is 0.650. The smallest absolute Gasteiger partial charge is 0.375 e. The topological polar surface area (TPSA) is 97.4 Å². The lowest BCUT2D eigenvalue weighted by Gasteiger charge is -2.26. The molecule has 0 N–H and O–H groups in total. The summed E-state index contributed by atoms with van der Waals surface area (Å²) < 4.78 is 25.8. The Morgan fingerprint density at radius 1 is 1.11 bits per heavy atom. The van der Waals surface area contributed by atoms with Crippen molar-refractivity contribution < 1.29 is 38.1 Å². The predicted molar refractivity (Wildman–Crippen MR) is 100 cm³/mol. The molecule has 158 valence electrons. The van der Waals surface area contributed by atoms with Gasteiger partial charge in [0.15, 0.2) is 12.1 Å². The number of Topliss-reactive ketones (excluding diaryl/α,β-unsaturated/α-hetero) is 1. The third-order valence-corrected chi connectivity index (χ3v) is 4.21. The molecule has 1 aliphatic rings. The molecule has 0 aromatic carbocycles. The molecule has 1 rings (SSSR count). The van der Waals surface area contributed by atoms with E-state index in [9.17, 15) is 14.4 Å². The first kappa shape index (κ1) is 24.0. The second kappa shape index (κ2) is 12.4. The number of methoxy groups -OCH3 is 2. The highest BCUT2D eigenvalue weighted by Crippen LogP contribution is 2.29. The lowest BCUT2D eigenvalue weighted by atomic mass is 9.98. The largest absolute Gasteiger partial charge is 0.465 e. The van der Waals surface area contributed by atoms with Crippen LogP contribution in [0.2, 0.25) is 0 Å². The molecule has 0 aromatic heterocycles. The second-order valence-electron chi connectivity index (χ2n) is 6.07. The van der Waals surface area contributed by atoms with Crippen molar-refractivity contribution >= 4 is 17.7 Å². The Balaban J connectivity index is 2.52. The Hall–Kier alpha value is -2.03. The first-order valence-corrected chi connectivity index (χ1v) is 9.40. The summed E-state index contributed by atoms with van der Waals surface area (Å²) in [6.07, 6.45) is 8.79. The summed E-state index contributed by atoms with van der Waals surface area (Å²) in [6.45, 7) is 3.44. The number of ether oxygens (including phenoxy) is 5. The van der Waals surface area contributed by atoms with Gasteiger partial charge >= 0.3 is 11.9 Å². The van der Waals surface area contributed by atoms with Gasteiger partial charge in [-0.1, -0.05) is 12.2 Å². The molecule has 0 spiro atoms. The summed E-state index contributed by atoms with van der Waals surface area (Å²) in [7, 11) is 3.12. The van der Waals surface area contributed by atoms with Crippen molar-refractivity contribution in [2.24, 2.45) is 5.92 Å². The van der Waals surface area contributed by atoms with Crippen molar-refractivity contribution in [3.8, 4) is 0 Å². The van der Waals surface area contributed by atoms with E-state index in [4.69, 9.17) is 23.7 Å². The zero-order chi connectivity index (χ0) is 21.0. The minimum Gasteiger partial charge on any atom is -0.465 e. The van der Waals surface area contributed by atoms with E-state index in [1.54, 1.807) is 34.1 Å². The Morgan fingerprint density at radius 2 is 1.79 bits per heavy atom. The summed E-state index contributed by atoms with van der Waals surface area (Å²) in [4.78, 5) is 35.8. The normalized spacial score (nSPS) is 22.4. The quantitative estimate of drug-likeness (QED) is 0.202. The van der Waals surface area contributed by atoms with Crippen LogP contribution in [0.4, 0.5) is 0 Å². The van der Waals surface area contributed by atoms with Gasteiger partial charge in [-0.05, 0) is 45.3 Å². The maximum Gasteiger partial charge on any atom is 0.375 e. The molecule has 0 aliphatic carbocycles. The monoisotopic (exact) mass is 398 g/mol. The van der Waals surface area contributed by atoms with Crippen molar-refractivity contribution in [1.82, 2.24) is 0 Å². The van der Waals surface area contributed by atoms with Gasteiger partial charge in [-0.15, -0.1) is 0 Å². The van der Waals surface area contributed by atoms with E-state index in [1.165, 1.54) is 0 Å². The minimum absolute atomic E-state index is 0.0711. The molecule has 1 heterocycles. The molecule has 8 nitrogen and oxygen atoms in total. The SMILES string of the molecule is CCOC(=O)C(=O)C(CC/C=C\CCC1(OC)C=CC(OC)O1)C(=O)OCC. The van der Waals surface area contributed by atoms with E-state index >= 15 is 0 Å². The summed E-state index contributed by atoms with van der Waals surface area (Å²) in [6, 6.07) is 0. The van der Waals surface area contributed by atoms with Crippen LogP contribution in [0, 0.1) is 5.92 Å². The van der Waals surface area contributed by atoms with Gasteiger partial charge in [0.2, 0.25) is 0 Å². The third-order valence-electron chi connectivity index (χ3n) is 4.21. The van der Waals surface area contributed by atoms with Crippen molar-refractivity contribution in [3.05, 3.63) is 24.3 Å². The number of carbonyl (C=O) groups excluding carboxylic acids is 3. The van der Waals surface area contributed by atoms with Crippen LogP contribution < -0.4 is 0 Å². The van der Waals surface area contributed by atoms with Gasteiger partial charge in [-0.3, -0.25) is 9.59 Å². The number of hydrogen-bond donors (Lipinski definition) is 0. The molecule has 0 radical (unpaired) electrons. The molecule has 1 aliphatic heterocycles. The molecule has 0 saturated heterocycles. The number of carbonyl (C=O) groups is 3. The number of rotatable bonds is 13. The van der Waals surface area contributed by atoms with Gasteiger partial charge in [0.05, 0.1) is 13.2 Å². The van der Waals surface area contributed by atoms with Crippen LogP contribution in [-0.4, -0.2) is 57.2 Å². The van der Waals surface area contributed by atoms with E-state index in [2.05, 4.69) is 0 Å². The van der Waals surface area contributed by atoms with Crippen LogP contribution in [0.15, 0.2) is 24.3 Å². The van der Waals surface area contributed by atoms with Crippen molar-refractivity contribution in [3.63, 3.8) is 0 Å². The van der Waals surface area contributed by atoms with Crippen LogP contribution in [0.25, 0.3) is 0 Å². The van der Waals surface area contributed by atoms with Crippen molar-refractivity contribution in [2.75, 3.05) is 27.4 Å². The maximum absolute atomic E-state index is 12.1. The van der Waals surface area contributed by atoms with E-state index < -0.39 is 35.7 Å². The first-order valence-electron chi connectivity index (χ1n) is 9.40. The van der Waals surface area contributed by atoms with Crippen molar-refractivity contribution in [1.29, 1.82) is 0 Å². The molecule has 0 bridgehead atoms. The lowest BCUT2D eigenvalue weighted by molar-refractivity contribution is -0.244. The fourth-order valence-electron chi connectivity index (χ4n) is 2.71. The third kappa shape index (κ3) is 7.18. The second-order valence-corrected chi connectivity index (χ2v) is 6.07. The lowest BCUT2D eigenvalue weighted by Crippen LogP contribution is -2.33. The number of ketones is 1. The van der Waals surface area contributed by atoms with Gasteiger partial charge in [-0.25, -0.2) is 4.79 Å². The summed E-state index contributed by atoms with van der Waals surface area (Å²) in [5, 5.41) is 0. The molecule has 8 heteroatoms. The van der Waals surface area contributed by atoms with Gasteiger partial charge < -0.3 is 23.7 Å².